The van der Waals surface area contributed by atoms with E-state index in [2.05, 4.69) is 0 Å². The summed E-state index contributed by atoms with van der Waals surface area (Å²) in [6.45, 7) is 9.86. The van der Waals surface area contributed by atoms with Crippen LogP contribution in [-0.2, 0) is 33.4 Å². The van der Waals surface area contributed by atoms with Crippen molar-refractivity contribution in [3.05, 3.63) is 0 Å². The minimum absolute atomic E-state index is 0.414. The zero-order chi connectivity index (χ0) is 19.1. The van der Waals surface area contributed by atoms with Gasteiger partial charge in [0, 0.05) is 0 Å². The van der Waals surface area contributed by atoms with Gasteiger partial charge in [0.15, 0.2) is 0 Å². The Morgan fingerprint density at radius 3 is 1.75 bits per heavy atom. The van der Waals surface area contributed by atoms with E-state index in [4.69, 9.17) is 19.3 Å². The zero-order valence-corrected chi connectivity index (χ0v) is 15.0. The predicted octanol–water partition coefficient (Wildman–Crippen LogP) is 1.84. The Balaban J connectivity index is 4.95. The molecule has 0 aromatic heterocycles. The molecule has 0 heterocycles. The SMILES string of the molecule is CC(C)(C)OC(=O)C[C@H](OC(=O)CCC(=O)O)C(=O)OC(C)(C)C. The summed E-state index contributed by atoms with van der Waals surface area (Å²) < 4.78 is 15.1. The molecule has 0 spiro atoms. The highest BCUT2D eigenvalue weighted by Crippen LogP contribution is 2.15. The molecule has 0 bridgehead atoms. The molecule has 0 aliphatic carbocycles. The summed E-state index contributed by atoms with van der Waals surface area (Å²) in [6.07, 6.45) is -2.85. The van der Waals surface area contributed by atoms with Gasteiger partial charge < -0.3 is 19.3 Å². The van der Waals surface area contributed by atoms with Crippen LogP contribution in [0.1, 0.15) is 60.8 Å². The monoisotopic (exact) mass is 346 g/mol. The third-order valence-corrected chi connectivity index (χ3v) is 2.26. The van der Waals surface area contributed by atoms with Gasteiger partial charge in [-0.05, 0) is 41.5 Å². The number of carbonyl (C=O) groups is 4. The van der Waals surface area contributed by atoms with Gasteiger partial charge in [0.1, 0.15) is 11.2 Å². The largest absolute Gasteiger partial charge is 0.481 e. The average Bonchev–Trinajstić information content (AvgIpc) is 2.31. The van der Waals surface area contributed by atoms with Crippen LogP contribution in [0.15, 0.2) is 0 Å². The smallest absolute Gasteiger partial charge is 0.348 e. The van der Waals surface area contributed by atoms with Crippen LogP contribution in [0.4, 0.5) is 0 Å². The lowest BCUT2D eigenvalue weighted by Crippen LogP contribution is -2.37. The first-order valence-corrected chi connectivity index (χ1v) is 7.55. The zero-order valence-electron chi connectivity index (χ0n) is 15.0. The molecular formula is C16H26O8. The molecule has 1 atom stereocenters. The van der Waals surface area contributed by atoms with Crippen molar-refractivity contribution < 1.29 is 38.5 Å². The van der Waals surface area contributed by atoms with E-state index in [0.717, 1.165) is 0 Å². The van der Waals surface area contributed by atoms with Gasteiger partial charge in [0.2, 0.25) is 6.10 Å². The van der Waals surface area contributed by atoms with Crippen molar-refractivity contribution in [1.29, 1.82) is 0 Å². The Labute approximate surface area is 141 Å². The van der Waals surface area contributed by atoms with Crippen LogP contribution in [0.25, 0.3) is 0 Å². The molecule has 0 aliphatic rings. The van der Waals surface area contributed by atoms with Crippen molar-refractivity contribution >= 4 is 23.9 Å². The Morgan fingerprint density at radius 2 is 1.33 bits per heavy atom. The van der Waals surface area contributed by atoms with E-state index in [-0.39, 0.29) is 0 Å². The quantitative estimate of drug-likeness (QED) is 0.548. The average molecular weight is 346 g/mol. The maximum atomic E-state index is 12.1. The first kappa shape index (κ1) is 21.9. The van der Waals surface area contributed by atoms with Crippen LogP contribution in [-0.4, -0.2) is 46.3 Å². The first-order chi connectivity index (χ1) is 10.7. The van der Waals surface area contributed by atoms with Gasteiger partial charge in [0.05, 0.1) is 19.3 Å². The van der Waals surface area contributed by atoms with Gasteiger partial charge in [-0.2, -0.15) is 0 Å². The third kappa shape index (κ3) is 11.4. The molecule has 0 aromatic rings. The van der Waals surface area contributed by atoms with Crippen molar-refractivity contribution in [1.82, 2.24) is 0 Å². The predicted molar refractivity (Wildman–Crippen MR) is 83.1 cm³/mol. The molecule has 0 aliphatic heterocycles. The van der Waals surface area contributed by atoms with E-state index < -0.39 is 60.4 Å². The molecule has 0 amide bonds. The summed E-state index contributed by atoms with van der Waals surface area (Å²) in [7, 11) is 0. The molecule has 0 saturated heterocycles. The molecule has 8 nitrogen and oxygen atoms in total. The van der Waals surface area contributed by atoms with Gasteiger partial charge in [-0.3, -0.25) is 14.4 Å². The lowest BCUT2D eigenvalue weighted by Gasteiger charge is -2.25. The highest BCUT2D eigenvalue weighted by Gasteiger charge is 2.32. The fourth-order valence-electron chi connectivity index (χ4n) is 1.50. The maximum absolute atomic E-state index is 12.1. The fourth-order valence-corrected chi connectivity index (χ4v) is 1.50. The van der Waals surface area contributed by atoms with E-state index >= 15 is 0 Å². The Hall–Kier alpha value is -2.12. The number of carbonyl (C=O) groups excluding carboxylic acids is 3. The molecule has 24 heavy (non-hydrogen) atoms. The molecule has 0 saturated carbocycles. The van der Waals surface area contributed by atoms with Crippen LogP contribution < -0.4 is 0 Å². The van der Waals surface area contributed by atoms with Gasteiger partial charge >= 0.3 is 23.9 Å². The summed E-state index contributed by atoms with van der Waals surface area (Å²) in [5.74, 6) is -3.70. The van der Waals surface area contributed by atoms with E-state index in [1.165, 1.54) is 0 Å². The van der Waals surface area contributed by atoms with Crippen LogP contribution in [0.2, 0.25) is 0 Å². The molecule has 0 fully saturated rings. The fraction of sp³-hybridized carbons (Fsp3) is 0.750. The van der Waals surface area contributed by atoms with Crippen molar-refractivity contribution in [3.8, 4) is 0 Å². The number of esters is 3. The summed E-state index contributed by atoms with van der Waals surface area (Å²) >= 11 is 0. The van der Waals surface area contributed by atoms with Gasteiger partial charge in [-0.25, -0.2) is 4.79 Å². The van der Waals surface area contributed by atoms with Crippen LogP contribution in [0, 0.1) is 0 Å². The van der Waals surface area contributed by atoms with Gasteiger partial charge in [0.25, 0.3) is 0 Å². The second kappa shape index (κ2) is 8.65. The second-order valence-electron chi connectivity index (χ2n) is 7.20. The van der Waals surface area contributed by atoms with Crippen LogP contribution in [0.3, 0.4) is 0 Å². The normalized spacial score (nSPS) is 12.9. The van der Waals surface area contributed by atoms with E-state index in [9.17, 15) is 19.2 Å². The topological polar surface area (TPSA) is 116 Å². The first-order valence-electron chi connectivity index (χ1n) is 7.55. The Morgan fingerprint density at radius 1 is 0.833 bits per heavy atom. The number of rotatable bonds is 7. The third-order valence-electron chi connectivity index (χ3n) is 2.26. The van der Waals surface area contributed by atoms with Crippen molar-refractivity contribution in [2.24, 2.45) is 0 Å². The molecule has 8 heteroatoms. The van der Waals surface area contributed by atoms with Crippen molar-refractivity contribution in [2.75, 3.05) is 0 Å². The maximum Gasteiger partial charge on any atom is 0.348 e. The Bertz CT molecular complexity index is 481. The van der Waals surface area contributed by atoms with Crippen molar-refractivity contribution in [3.63, 3.8) is 0 Å². The molecular weight excluding hydrogens is 320 g/mol. The Kier molecular flexibility index (Phi) is 7.89. The molecule has 0 rings (SSSR count). The van der Waals surface area contributed by atoms with Crippen LogP contribution >= 0.6 is 0 Å². The lowest BCUT2D eigenvalue weighted by molar-refractivity contribution is -0.181. The van der Waals surface area contributed by atoms with E-state index in [0.29, 0.717) is 0 Å². The van der Waals surface area contributed by atoms with Crippen LogP contribution in [0.5, 0.6) is 0 Å². The standard InChI is InChI=1S/C16H26O8/c1-15(2,3)23-13(20)9-10(14(21)24-16(4,5)6)22-12(19)8-7-11(17)18/h10H,7-9H2,1-6H3,(H,17,18)/t10-/m0/s1. The lowest BCUT2D eigenvalue weighted by atomic mass is 10.1. The molecule has 138 valence electrons. The number of carboxylic acid groups (broad SMARTS) is 1. The molecule has 0 unspecified atom stereocenters. The van der Waals surface area contributed by atoms with E-state index in [1.54, 1.807) is 41.5 Å². The molecule has 1 N–H and O–H groups in total. The summed E-state index contributed by atoms with van der Waals surface area (Å²) in [6, 6.07) is 0. The van der Waals surface area contributed by atoms with Gasteiger partial charge in [-0.1, -0.05) is 0 Å². The summed E-state index contributed by atoms with van der Waals surface area (Å²) in [5, 5.41) is 8.56. The van der Waals surface area contributed by atoms with Gasteiger partial charge in [-0.15, -0.1) is 0 Å². The minimum atomic E-state index is -1.49. The highest BCUT2D eigenvalue weighted by atomic mass is 16.6. The number of aliphatic carboxylic acids is 1. The number of hydrogen-bond acceptors (Lipinski definition) is 7. The molecule has 0 radical (unpaired) electrons. The van der Waals surface area contributed by atoms with E-state index in [1.807, 2.05) is 0 Å². The number of hydrogen-bond donors (Lipinski definition) is 1. The van der Waals surface area contributed by atoms with Crippen molar-refractivity contribution in [2.45, 2.75) is 78.1 Å². The second-order valence-corrected chi connectivity index (χ2v) is 7.20. The number of ether oxygens (including phenoxy) is 3. The summed E-state index contributed by atoms with van der Waals surface area (Å²) in [4.78, 5) is 46.1. The summed E-state index contributed by atoms with van der Waals surface area (Å²) in [5.41, 5.74) is -1.60. The molecule has 0 aromatic carbocycles. The highest BCUT2D eigenvalue weighted by molar-refractivity contribution is 5.85. The number of carboxylic acids is 1. The minimum Gasteiger partial charge on any atom is -0.481 e.